The van der Waals surface area contributed by atoms with E-state index in [0.717, 1.165) is 22.0 Å². The van der Waals surface area contributed by atoms with Gasteiger partial charge in [0.2, 0.25) is 18.2 Å². The average molecular weight is 392 g/mol. The van der Waals surface area contributed by atoms with Crippen molar-refractivity contribution in [1.82, 2.24) is 20.1 Å². The highest BCUT2D eigenvalue weighted by Gasteiger charge is 2.15. The Morgan fingerprint density at radius 3 is 2.79 bits per heavy atom. The number of para-hydroxylation sites is 1. The van der Waals surface area contributed by atoms with Gasteiger partial charge in [-0.2, -0.15) is 0 Å². The molecule has 0 spiro atoms. The number of amides is 1. The Morgan fingerprint density at radius 1 is 1.17 bits per heavy atom. The van der Waals surface area contributed by atoms with E-state index in [2.05, 4.69) is 15.5 Å². The predicted molar refractivity (Wildman–Crippen MR) is 107 cm³/mol. The van der Waals surface area contributed by atoms with Crippen LogP contribution in [-0.4, -0.2) is 34.9 Å². The molecule has 1 N–H and O–H groups in total. The van der Waals surface area contributed by atoms with Gasteiger partial charge in [0.05, 0.1) is 19.8 Å². The minimum Gasteiger partial charge on any atom is -0.497 e. The quantitative estimate of drug-likeness (QED) is 0.520. The minimum atomic E-state index is -0.132. The Hall–Kier alpha value is -3.81. The zero-order valence-corrected chi connectivity index (χ0v) is 16.1. The van der Waals surface area contributed by atoms with E-state index in [-0.39, 0.29) is 12.5 Å². The molecule has 0 fully saturated rings. The summed E-state index contributed by atoms with van der Waals surface area (Å²) in [5, 5.41) is 11.6. The van der Waals surface area contributed by atoms with E-state index >= 15 is 0 Å². The monoisotopic (exact) mass is 392 g/mol. The van der Waals surface area contributed by atoms with Crippen LogP contribution in [0.1, 0.15) is 5.56 Å². The van der Waals surface area contributed by atoms with Crippen LogP contribution >= 0.6 is 0 Å². The van der Waals surface area contributed by atoms with Gasteiger partial charge in [-0.3, -0.25) is 4.79 Å². The fourth-order valence-electron chi connectivity index (χ4n) is 3.26. The average Bonchev–Trinajstić information content (AvgIpc) is 3.40. The maximum absolute atomic E-state index is 12.6. The van der Waals surface area contributed by atoms with E-state index in [0.29, 0.717) is 23.9 Å². The molecule has 148 valence electrons. The number of hydrogen-bond donors (Lipinski definition) is 1. The van der Waals surface area contributed by atoms with Crippen molar-refractivity contribution in [1.29, 1.82) is 0 Å². The van der Waals surface area contributed by atoms with E-state index in [1.165, 1.54) is 6.39 Å². The number of carbonyl (C=O) groups excluding carboxylic acids is 1. The molecule has 4 rings (SSSR count). The molecular weight excluding hydrogens is 372 g/mol. The van der Waals surface area contributed by atoms with Gasteiger partial charge < -0.3 is 23.8 Å². The molecule has 2 aromatic heterocycles. The Bertz CT molecular complexity index is 1140. The van der Waals surface area contributed by atoms with Gasteiger partial charge >= 0.3 is 0 Å². The molecule has 0 radical (unpaired) electrons. The summed E-state index contributed by atoms with van der Waals surface area (Å²) in [6.45, 7) is 0.482. The van der Waals surface area contributed by atoms with Gasteiger partial charge in [0.1, 0.15) is 18.0 Å². The molecule has 0 aliphatic carbocycles. The van der Waals surface area contributed by atoms with Gasteiger partial charge in [-0.1, -0.05) is 18.2 Å². The number of nitrogens with zero attached hydrogens (tertiary/aromatic N) is 3. The van der Waals surface area contributed by atoms with Crippen molar-refractivity contribution >= 4 is 16.8 Å². The predicted octanol–water partition coefficient (Wildman–Crippen LogP) is 3.02. The molecule has 2 heterocycles. The maximum Gasteiger partial charge on any atom is 0.249 e. The molecule has 29 heavy (non-hydrogen) atoms. The fraction of sp³-hybridized carbons (Fsp3) is 0.190. The first-order valence-corrected chi connectivity index (χ1v) is 9.01. The van der Waals surface area contributed by atoms with Gasteiger partial charge in [-0.25, -0.2) is 0 Å². The number of aromatic nitrogens is 3. The summed E-state index contributed by atoms with van der Waals surface area (Å²) in [4.78, 5) is 12.6. The van der Waals surface area contributed by atoms with Crippen molar-refractivity contribution in [2.45, 2.75) is 13.1 Å². The smallest absolute Gasteiger partial charge is 0.249 e. The summed E-state index contributed by atoms with van der Waals surface area (Å²) in [6, 6.07) is 13.2. The normalized spacial score (nSPS) is 10.8. The molecule has 4 aromatic rings. The zero-order chi connectivity index (χ0) is 20.2. The largest absolute Gasteiger partial charge is 0.497 e. The molecule has 1 amide bonds. The van der Waals surface area contributed by atoms with Crippen LogP contribution in [0, 0.1) is 0 Å². The van der Waals surface area contributed by atoms with Crippen LogP contribution < -0.4 is 14.8 Å². The first kappa shape index (κ1) is 18.5. The van der Waals surface area contributed by atoms with E-state index in [4.69, 9.17) is 13.9 Å². The van der Waals surface area contributed by atoms with Crippen molar-refractivity contribution in [2.24, 2.45) is 0 Å². The number of hydrogen-bond acceptors (Lipinski definition) is 6. The minimum absolute atomic E-state index is 0.132. The summed E-state index contributed by atoms with van der Waals surface area (Å²) in [7, 11) is 3.19. The molecule has 0 saturated carbocycles. The SMILES string of the molecule is COc1ccc(OC)c(CNC(=O)Cn2cc(-c3nnco3)c3ccccc32)c1. The molecule has 2 aromatic carbocycles. The first-order chi connectivity index (χ1) is 14.2. The van der Waals surface area contributed by atoms with Crippen LogP contribution in [0.4, 0.5) is 0 Å². The van der Waals surface area contributed by atoms with Gasteiger partial charge in [-0.15, -0.1) is 10.2 Å². The molecular formula is C21H20N4O4. The second-order valence-electron chi connectivity index (χ2n) is 6.39. The highest BCUT2D eigenvalue weighted by molar-refractivity contribution is 5.94. The van der Waals surface area contributed by atoms with Gasteiger partial charge in [0, 0.05) is 29.2 Å². The number of methoxy groups -OCH3 is 2. The Labute approximate surface area is 167 Å². The van der Waals surface area contributed by atoms with E-state index < -0.39 is 0 Å². The molecule has 0 bridgehead atoms. The zero-order valence-electron chi connectivity index (χ0n) is 16.1. The van der Waals surface area contributed by atoms with Crippen molar-refractivity contribution in [3.63, 3.8) is 0 Å². The summed E-state index contributed by atoms with van der Waals surface area (Å²) < 4.78 is 17.8. The Balaban J connectivity index is 1.53. The van der Waals surface area contributed by atoms with Gasteiger partial charge in [0.15, 0.2) is 0 Å². The maximum atomic E-state index is 12.6. The van der Waals surface area contributed by atoms with Crippen molar-refractivity contribution < 1.29 is 18.7 Å². The van der Waals surface area contributed by atoms with Crippen LogP contribution in [0.3, 0.4) is 0 Å². The van der Waals surface area contributed by atoms with Crippen LogP contribution in [0.5, 0.6) is 11.5 Å². The van der Waals surface area contributed by atoms with E-state index in [1.54, 1.807) is 14.2 Å². The Kier molecular flexibility index (Phi) is 5.15. The van der Waals surface area contributed by atoms with Crippen molar-refractivity contribution in [2.75, 3.05) is 14.2 Å². The summed E-state index contributed by atoms with van der Waals surface area (Å²) in [6.07, 6.45) is 3.14. The highest BCUT2D eigenvalue weighted by atomic mass is 16.5. The lowest BCUT2D eigenvalue weighted by atomic mass is 10.2. The topological polar surface area (TPSA) is 91.4 Å². The lowest BCUT2D eigenvalue weighted by molar-refractivity contribution is -0.121. The summed E-state index contributed by atoms with van der Waals surface area (Å²) in [5.41, 5.74) is 2.54. The van der Waals surface area contributed by atoms with Gasteiger partial charge in [0.25, 0.3) is 0 Å². The molecule has 0 aliphatic rings. The number of benzene rings is 2. The third-order valence-corrected chi connectivity index (χ3v) is 4.66. The standard InChI is InChI=1S/C21H20N4O4/c1-27-15-7-8-19(28-2)14(9-15)10-22-20(26)12-25-11-17(21-24-23-13-29-21)16-5-3-4-6-18(16)25/h3-9,11,13H,10,12H2,1-2H3,(H,22,26). The third kappa shape index (κ3) is 3.77. The van der Waals surface area contributed by atoms with Crippen LogP contribution in [0.2, 0.25) is 0 Å². The number of ether oxygens (including phenoxy) is 2. The lowest BCUT2D eigenvalue weighted by Gasteiger charge is -2.12. The third-order valence-electron chi connectivity index (χ3n) is 4.66. The van der Waals surface area contributed by atoms with Crippen LogP contribution in [0.15, 0.2) is 59.5 Å². The molecule has 8 nitrogen and oxygen atoms in total. The number of carbonyl (C=O) groups is 1. The Morgan fingerprint density at radius 2 is 2.03 bits per heavy atom. The molecule has 0 saturated heterocycles. The van der Waals surface area contributed by atoms with Crippen LogP contribution in [0.25, 0.3) is 22.4 Å². The second kappa shape index (κ2) is 8.05. The molecule has 0 aliphatic heterocycles. The first-order valence-electron chi connectivity index (χ1n) is 9.01. The molecule has 0 atom stereocenters. The number of fused-ring (bicyclic) bond motifs is 1. The van der Waals surface area contributed by atoms with E-state index in [1.807, 2.05) is 53.2 Å². The van der Waals surface area contributed by atoms with Crippen molar-refractivity contribution in [3.8, 4) is 23.0 Å². The summed E-state index contributed by atoms with van der Waals surface area (Å²) >= 11 is 0. The highest BCUT2D eigenvalue weighted by Crippen LogP contribution is 2.29. The van der Waals surface area contributed by atoms with E-state index in [9.17, 15) is 4.79 Å². The fourth-order valence-corrected chi connectivity index (χ4v) is 3.26. The lowest BCUT2D eigenvalue weighted by Crippen LogP contribution is -2.27. The number of rotatable bonds is 7. The van der Waals surface area contributed by atoms with Gasteiger partial charge in [-0.05, 0) is 24.3 Å². The molecule has 0 unspecified atom stereocenters. The molecule has 8 heteroatoms. The number of nitrogens with one attached hydrogen (secondary N) is 1. The van der Waals surface area contributed by atoms with Crippen LogP contribution in [-0.2, 0) is 17.9 Å². The van der Waals surface area contributed by atoms with Crippen molar-refractivity contribution in [3.05, 3.63) is 60.6 Å². The summed E-state index contributed by atoms with van der Waals surface area (Å²) in [5.74, 6) is 1.68. The second-order valence-corrected chi connectivity index (χ2v) is 6.39.